The van der Waals surface area contributed by atoms with Crippen LogP contribution < -0.4 is 11.3 Å². The van der Waals surface area contributed by atoms with Crippen molar-refractivity contribution in [1.82, 2.24) is 10.3 Å². The van der Waals surface area contributed by atoms with Gasteiger partial charge in [0.25, 0.3) is 0 Å². The van der Waals surface area contributed by atoms with Crippen LogP contribution in [0.4, 0.5) is 0 Å². The molecule has 4 heteroatoms. The molecular weight excluding hydrogens is 190 g/mol. The highest BCUT2D eigenvalue weighted by molar-refractivity contribution is 5.77. The van der Waals surface area contributed by atoms with Gasteiger partial charge >= 0.3 is 0 Å². The SMILES string of the molecule is CC(C)C1CCCN(CC(=O)NN)CC1. The molecule has 88 valence electrons. The first-order valence-corrected chi connectivity index (χ1v) is 5.85. The third-order valence-electron chi connectivity index (χ3n) is 3.34. The zero-order valence-electron chi connectivity index (χ0n) is 9.83. The van der Waals surface area contributed by atoms with Crippen LogP contribution in [-0.2, 0) is 4.79 Å². The van der Waals surface area contributed by atoms with E-state index in [-0.39, 0.29) is 5.91 Å². The molecule has 1 aliphatic rings. The van der Waals surface area contributed by atoms with Crippen LogP contribution in [0, 0.1) is 11.8 Å². The molecular formula is C11H23N3O. The maximum absolute atomic E-state index is 11.1. The van der Waals surface area contributed by atoms with Crippen LogP contribution in [0.1, 0.15) is 33.1 Å². The van der Waals surface area contributed by atoms with Gasteiger partial charge < -0.3 is 0 Å². The minimum Gasteiger partial charge on any atom is -0.294 e. The number of amides is 1. The zero-order valence-corrected chi connectivity index (χ0v) is 9.83. The molecule has 1 unspecified atom stereocenters. The molecule has 0 aliphatic carbocycles. The highest BCUT2D eigenvalue weighted by atomic mass is 16.2. The molecule has 1 heterocycles. The van der Waals surface area contributed by atoms with E-state index in [1.54, 1.807) is 0 Å². The maximum Gasteiger partial charge on any atom is 0.248 e. The third-order valence-corrected chi connectivity index (χ3v) is 3.34. The van der Waals surface area contributed by atoms with Gasteiger partial charge in [-0.05, 0) is 44.2 Å². The first-order chi connectivity index (χ1) is 7.13. The quantitative estimate of drug-likeness (QED) is 0.413. The molecule has 1 rings (SSSR count). The number of nitrogens with one attached hydrogen (secondary N) is 1. The highest BCUT2D eigenvalue weighted by Crippen LogP contribution is 2.24. The lowest BCUT2D eigenvalue weighted by atomic mass is 9.89. The number of rotatable bonds is 3. The fourth-order valence-electron chi connectivity index (χ4n) is 2.26. The van der Waals surface area contributed by atoms with E-state index in [1.165, 1.54) is 19.3 Å². The zero-order chi connectivity index (χ0) is 11.3. The Bertz CT molecular complexity index is 206. The van der Waals surface area contributed by atoms with Gasteiger partial charge in [0.15, 0.2) is 0 Å². The molecule has 1 saturated heterocycles. The Morgan fingerprint density at radius 2 is 2.20 bits per heavy atom. The van der Waals surface area contributed by atoms with Crippen LogP contribution in [0.5, 0.6) is 0 Å². The molecule has 15 heavy (non-hydrogen) atoms. The summed E-state index contributed by atoms with van der Waals surface area (Å²) in [5, 5.41) is 0. The summed E-state index contributed by atoms with van der Waals surface area (Å²) in [5.41, 5.74) is 2.19. The Morgan fingerprint density at radius 1 is 1.47 bits per heavy atom. The molecule has 0 aromatic rings. The summed E-state index contributed by atoms with van der Waals surface area (Å²) in [6.45, 7) is 7.06. The van der Waals surface area contributed by atoms with Gasteiger partial charge in [-0.25, -0.2) is 5.84 Å². The molecule has 3 N–H and O–H groups in total. The summed E-state index contributed by atoms with van der Waals surface area (Å²) in [7, 11) is 0. The number of likely N-dealkylation sites (tertiary alicyclic amines) is 1. The van der Waals surface area contributed by atoms with Crippen LogP contribution in [0.3, 0.4) is 0 Å². The van der Waals surface area contributed by atoms with E-state index in [9.17, 15) is 4.79 Å². The molecule has 1 fully saturated rings. The smallest absolute Gasteiger partial charge is 0.248 e. The largest absolute Gasteiger partial charge is 0.294 e. The Balaban J connectivity index is 2.35. The van der Waals surface area contributed by atoms with Crippen molar-refractivity contribution in [2.24, 2.45) is 17.7 Å². The van der Waals surface area contributed by atoms with E-state index in [0.29, 0.717) is 6.54 Å². The van der Waals surface area contributed by atoms with E-state index in [2.05, 4.69) is 24.2 Å². The number of hydrazine groups is 1. The number of nitrogens with two attached hydrogens (primary N) is 1. The Labute approximate surface area is 92.2 Å². The number of hydrogen-bond donors (Lipinski definition) is 2. The van der Waals surface area contributed by atoms with Crippen LogP contribution in [0.15, 0.2) is 0 Å². The lowest BCUT2D eigenvalue weighted by molar-refractivity contribution is -0.122. The normalized spacial score (nSPS) is 23.9. The first-order valence-electron chi connectivity index (χ1n) is 5.85. The van der Waals surface area contributed by atoms with E-state index in [1.807, 2.05) is 0 Å². The van der Waals surface area contributed by atoms with Gasteiger partial charge in [0.05, 0.1) is 6.54 Å². The summed E-state index contributed by atoms with van der Waals surface area (Å²) in [4.78, 5) is 13.3. The second-order valence-electron chi connectivity index (χ2n) is 4.78. The topological polar surface area (TPSA) is 58.4 Å². The summed E-state index contributed by atoms with van der Waals surface area (Å²) in [6.07, 6.45) is 3.69. The molecule has 1 aliphatic heterocycles. The van der Waals surface area contributed by atoms with Gasteiger partial charge in [-0.3, -0.25) is 15.1 Å². The minimum atomic E-state index is -0.0852. The molecule has 0 aromatic heterocycles. The summed E-state index contributed by atoms with van der Waals surface area (Å²) >= 11 is 0. The van der Waals surface area contributed by atoms with Gasteiger partial charge in [-0.2, -0.15) is 0 Å². The molecule has 0 radical (unpaired) electrons. The monoisotopic (exact) mass is 213 g/mol. The summed E-state index contributed by atoms with van der Waals surface area (Å²) in [6, 6.07) is 0. The Morgan fingerprint density at radius 3 is 2.80 bits per heavy atom. The minimum absolute atomic E-state index is 0.0852. The number of nitrogens with zero attached hydrogens (tertiary/aromatic N) is 1. The van der Waals surface area contributed by atoms with Crippen molar-refractivity contribution >= 4 is 5.91 Å². The summed E-state index contributed by atoms with van der Waals surface area (Å²) in [5.74, 6) is 6.57. The van der Waals surface area contributed by atoms with Crippen molar-refractivity contribution < 1.29 is 4.79 Å². The first kappa shape index (κ1) is 12.5. The number of carbonyl (C=O) groups is 1. The van der Waals surface area contributed by atoms with E-state index < -0.39 is 0 Å². The average Bonchev–Trinajstić information content (AvgIpc) is 2.43. The lowest BCUT2D eigenvalue weighted by Gasteiger charge is -2.20. The Hall–Kier alpha value is -0.610. The van der Waals surface area contributed by atoms with Crippen molar-refractivity contribution in [3.63, 3.8) is 0 Å². The predicted octanol–water partition coefficient (Wildman–Crippen LogP) is 0.734. The van der Waals surface area contributed by atoms with Crippen LogP contribution in [-0.4, -0.2) is 30.4 Å². The molecule has 0 bridgehead atoms. The lowest BCUT2D eigenvalue weighted by Crippen LogP contribution is -2.40. The van der Waals surface area contributed by atoms with Gasteiger partial charge in [0.1, 0.15) is 0 Å². The average molecular weight is 213 g/mol. The third kappa shape index (κ3) is 4.18. The molecule has 0 spiro atoms. The fraction of sp³-hybridized carbons (Fsp3) is 0.909. The van der Waals surface area contributed by atoms with E-state index in [4.69, 9.17) is 5.84 Å². The second-order valence-corrected chi connectivity index (χ2v) is 4.78. The molecule has 0 saturated carbocycles. The molecule has 1 atom stereocenters. The van der Waals surface area contributed by atoms with Crippen molar-refractivity contribution in [3.8, 4) is 0 Å². The van der Waals surface area contributed by atoms with Crippen molar-refractivity contribution in [2.75, 3.05) is 19.6 Å². The van der Waals surface area contributed by atoms with Crippen molar-refractivity contribution in [1.29, 1.82) is 0 Å². The number of hydrogen-bond acceptors (Lipinski definition) is 3. The van der Waals surface area contributed by atoms with Crippen molar-refractivity contribution in [2.45, 2.75) is 33.1 Å². The van der Waals surface area contributed by atoms with E-state index in [0.717, 1.165) is 24.9 Å². The number of carbonyl (C=O) groups excluding carboxylic acids is 1. The predicted molar refractivity (Wildman–Crippen MR) is 60.9 cm³/mol. The van der Waals surface area contributed by atoms with E-state index >= 15 is 0 Å². The standard InChI is InChI=1S/C11H23N3O/c1-9(2)10-4-3-6-14(7-5-10)8-11(15)13-12/h9-10H,3-8,12H2,1-2H3,(H,13,15). The fourth-order valence-corrected chi connectivity index (χ4v) is 2.26. The summed E-state index contributed by atoms with van der Waals surface area (Å²) < 4.78 is 0. The van der Waals surface area contributed by atoms with Crippen LogP contribution in [0.25, 0.3) is 0 Å². The highest BCUT2D eigenvalue weighted by Gasteiger charge is 2.20. The molecule has 1 amide bonds. The Kier molecular flexibility index (Phi) is 5.05. The van der Waals surface area contributed by atoms with Crippen molar-refractivity contribution in [3.05, 3.63) is 0 Å². The second kappa shape index (κ2) is 6.08. The van der Waals surface area contributed by atoms with Crippen LogP contribution in [0.2, 0.25) is 0 Å². The molecule has 0 aromatic carbocycles. The van der Waals surface area contributed by atoms with Gasteiger partial charge in [-0.15, -0.1) is 0 Å². The maximum atomic E-state index is 11.1. The van der Waals surface area contributed by atoms with Gasteiger partial charge in [0.2, 0.25) is 5.91 Å². The molecule has 4 nitrogen and oxygen atoms in total. The van der Waals surface area contributed by atoms with Gasteiger partial charge in [0, 0.05) is 0 Å². The van der Waals surface area contributed by atoms with Gasteiger partial charge in [-0.1, -0.05) is 13.8 Å². The van der Waals surface area contributed by atoms with Crippen LogP contribution >= 0.6 is 0 Å².